The number of hydrogen-bond donors (Lipinski definition) is 2. The number of nitrogens with zero attached hydrogens (tertiary/aromatic N) is 3. The molecule has 21 heavy (non-hydrogen) atoms. The lowest BCUT2D eigenvalue weighted by atomic mass is 10.1. The van der Waals surface area contributed by atoms with Crippen molar-refractivity contribution in [2.75, 3.05) is 7.11 Å². The maximum Gasteiger partial charge on any atom is 0.252 e. The van der Waals surface area contributed by atoms with Crippen molar-refractivity contribution < 1.29 is 9.53 Å². The lowest BCUT2D eigenvalue weighted by Crippen LogP contribution is -2.29. The molecule has 7 heteroatoms. The summed E-state index contributed by atoms with van der Waals surface area (Å²) in [6.45, 7) is 3.92. The second kappa shape index (κ2) is 6.83. The van der Waals surface area contributed by atoms with E-state index in [1.54, 1.807) is 19.2 Å². The highest BCUT2D eigenvalue weighted by Crippen LogP contribution is 2.19. The van der Waals surface area contributed by atoms with Crippen LogP contribution in [-0.4, -0.2) is 33.6 Å². The summed E-state index contributed by atoms with van der Waals surface area (Å²) in [5.74, 6) is 1.07. The number of nitrogens with one attached hydrogen (secondary N) is 2. The van der Waals surface area contributed by atoms with E-state index in [2.05, 4.69) is 25.9 Å². The van der Waals surface area contributed by atoms with Gasteiger partial charge in [-0.25, -0.2) is 0 Å². The van der Waals surface area contributed by atoms with Gasteiger partial charge < -0.3 is 10.1 Å². The van der Waals surface area contributed by atoms with Crippen molar-refractivity contribution in [1.82, 2.24) is 25.9 Å². The number of rotatable bonds is 6. The molecule has 0 fully saturated rings. The summed E-state index contributed by atoms with van der Waals surface area (Å²) in [7, 11) is 1.60. The van der Waals surface area contributed by atoms with Crippen molar-refractivity contribution >= 4 is 5.91 Å². The number of aryl methyl sites for hydroxylation is 1. The van der Waals surface area contributed by atoms with Gasteiger partial charge >= 0.3 is 0 Å². The number of methoxy groups -OCH3 is 1. The number of benzene rings is 1. The summed E-state index contributed by atoms with van der Waals surface area (Å²) in [6, 6.07) is 5.11. The summed E-state index contributed by atoms with van der Waals surface area (Å²) in [5, 5.41) is 16.8. The Morgan fingerprint density at radius 1 is 1.48 bits per heavy atom. The average molecular weight is 289 g/mol. The number of carbonyl (C=O) groups is 1. The average Bonchev–Trinajstić information content (AvgIpc) is 3.00. The molecule has 0 unspecified atom stereocenters. The zero-order chi connectivity index (χ0) is 15.2. The Hall–Kier alpha value is -2.44. The molecule has 2 aromatic rings. The molecule has 1 amide bonds. The van der Waals surface area contributed by atoms with Crippen molar-refractivity contribution in [3.63, 3.8) is 0 Å². The summed E-state index contributed by atoms with van der Waals surface area (Å²) < 4.78 is 5.14. The third-order valence-electron chi connectivity index (χ3n) is 3.23. The SMILES string of the molecule is CCC[C@H](NC(=O)c1ccc(OC)cc1C)c1nn[nH]n1. The van der Waals surface area contributed by atoms with Crippen LogP contribution < -0.4 is 10.1 Å². The highest BCUT2D eigenvalue weighted by atomic mass is 16.5. The number of aromatic nitrogens is 4. The zero-order valence-electron chi connectivity index (χ0n) is 12.4. The van der Waals surface area contributed by atoms with Gasteiger partial charge in [0.1, 0.15) is 5.75 Å². The molecule has 2 rings (SSSR count). The van der Waals surface area contributed by atoms with Crippen LogP contribution in [0.5, 0.6) is 5.75 Å². The first kappa shape index (κ1) is 15.0. The van der Waals surface area contributed by atoms with E-state index < -0.39 is 0 Å². The molecule has 7 nitrogen and oxygen atoms in total. The van der Waals surface area contributed by atoms with Crippen molar-refractivity contribution in [2.24, 2.45) is 0 Å². The van der Waals surface area contributed by atoms with E-state index in [1.165, 1.54) is 0 Å². The van der Waals surface area contributed by atoms with Gasteiger partial charge in [-0.3, -0.25) is 4.79 Å². The van der Waals surface area contributed by atoms with Gasteiger partial charge in [-0.15, -0.1) is 10.2 Å². The van der Waals surface area contributed by atoms with Gasteiger partial charge in [0.05, 0.1) is 13.2 Å². The van der Waals surface area contributed by atoms with Gasteiger partial charge in [-0.1, -0.05) is 18.6 Å². The lowest BCUT2D eigenvalue weighted by Gasteiger charge is -2.15. The maximum absolute atomic E-state index is 12.4. The molecule has 1 aromatic carbocycles. The Kier molecular flexibility index (Phi) is 4.86. The monoisotopic (exact) mass is 289 g/mol. The fourth-order valence-corrected chi connectivity index (χ4v) is 2.13. The van der Waals surface area contributed by atoms with E-state index in [4.69, 9.17) is 4.74 Å². The van der Waals surface area contributed by atoms with Crippen LogP contribution in [0, 0.1) is 6.92 Å². The smallest absolute Gasteiger partial charge is 0.252 e. The predicted octanol–water partition coefficient (Wildman–Crippen LogP) is 1.79. The van der Waals surface area contributed by atoms with Crippen LogP contribution in [0.2, 0.25) is 0 Å². The Bertz CT molecular complexity index is 597. The van der Waals surface area contributed by atoms with Gasteiger partial charge in [0.25, 0.3) is 5.91 Å². The van der Waals surface area contributed by atoms with Gasteiger partial charge in [0.2, 0.25) is 0 Å². The number of carbonyl (C=O) groups excluding carboxylic acids is 1. The Balaban J connectivity index is 2.15. The predicted molar refractivity (Wildman–Crippen MR) is 77.0 cm³/mol. The molecule has 1 atom stereocenters. The third-order valence-corrected chi connectivity index (χ3v) is 3.23. The number of tetrazole rings is 1. The van der Waals surface area contributed by atoms with Crippen molar-refractivity contribution in [3.05, 3.63) is 35.2 Å². The molecule has 0 saturated carbocycles. The molecule has 1 heterocycles. The fourth-order valence-electron chi connectivity index (χ4n) is 2.13. The van der Waals surface area contributed by atoms with Crippen LogP contribution in [0.4, 0.5) is 0 Å². The van der Waals surface area contributed by atoms with E-state index in [-0.39, 0.29) is 11.9 Å². The van der Waals surface area contributed by atoms with E-state index in [0.717, 1.165) is 24.2 Å². The van der Waals surface area contributed by atoms with Gasteiger partial charge in [-0.2, -0.15) is 5.21 Å². The highest BCUT2D eigenvalue weighted by Gasteiger charge is 2.19. The van der Waals surface area contributed by atoms with Crippen LogP contribution >= 0.6 is 0 Å². The fraction of sp³-hybridized carbons (Fsp3) is 0.429. The van der Waals surface area contributed by atoms with Crippen LogP contribution in [-0.2, 0) is 0 Å². The third kappa shape index (κ3) is 3.56. The first-order valence-electron chi connectivity index (χ1n) is 6.84. The second-order valence-corrected chi connectivity index (χ2v) is 4.77. The van der Waals surface area contributed by atoms with Crippen LogP contribution in [0.1, 0.15) is 47.6 Å². The molecule has 0 aliphatic heterocycles. The summed E-state index contributed by atoms with van der Waals surface area (Å²) in [4.78, 5) is 12.4. The van der Waals surface area contributed by atoms with Crippen molar-refractivity contribution in [2.45, 2.75) is 32.7 Å². The molecule has 0 spiro atoms. The van der Waals surface area contributed by atoms with Crippen molar-refractivity contribution in [1.29, 1.82) is 0 Å². The topological polar surface area (TPSA) is 92.8 Å². The molecule has 0 aliphatic carbocycles. The molecule has 0 bridgehead atoms. The Morgan fingerprint density at radius 2 is 2.29 bits per heavy atom. The second-order valence-electron chi connectivity index (χ2n) is 4.77. The zero-order valence-corrected chi connectivity index (χ0v) is 12.4. The molecular weight excluding hydrogens is 270 g/mol. The molecule has 0 saturated heterocycles. The van der Waals surface area contributed by atoms with E-state index >= 15 is 0 Å². The minimum Gasteiger partial charge on any atom is -0.497 e. The van der Waals surface area contributed by atoms with E-state index in [1.807, 2.05) is 19.9 Å². The maximum atomic E-state index is 12.4. The van der Waals surface area contributed by atoms with Crippen LogP contribution in [0.15, 0.2) is 18.2 Å². The first-order valence-corrected chi connectivity index (χ1v) is 6.84. The number of ether oxygens (including phenoxy) is 1. The largest absolute Gasteiger partial charge is 0.497 e. The van der Waals surface area contributed by atoms with Gasteiger partial charge in [-0.05, 0) is 37.1 Å². The number of amides is 1. The van der Waals surface area contributed by atoms with E-state index in [0.29, 0.717) is 11.4 Å². The Morgan fingerprint density at radius 3 is 2.86 bits per heavy atom. The molecular formula is C14H19N5O2. The van der Waals surface area contributed by atoms with Gasteiger partial charge in [0, 0.05) is 5.56 Å². The summed E-state index contributed by atoms with van der Waals surface area (Å²) in [5.41, 5.74) is 1.47. The Labute approximate surface area is 123 Å². The lowest BCUT2D eigenvalue weighted by molar-refractivity contribution is 0.0932. The standard InChI is InChI=1S/C14H19N5O2/c1-4-5-12(13-16-18-19-17-13)15-14(20)11-7-6-10(21-3)8-9(11)2/h6-8,12H,4-5H2,1-3H3,(H,15,20)(H,16,17,18,19)/t12-/m0/s1. The molecule has 0 radical (unpaired) electrons. The van der Waals surface area contributed by atoms with Crippen LogP contribution in [0.25, 0.3) is 0 Å². The molecule has 0 aliphatic rings. The molecule has 112 valence electrons. The first-order chi connectivity index (χ1) is 10.2. The highest BCUT2D eigenvalue weighted by molar-refractivity contribution is 5.96. The minimum atomic E-state index is -0.247. The quantitative estimate of drug-likeness (QED) is 0.845. The minimum absolute atomic E-state index is 0.154. The van der Waals surface area contributed by atoms with Crippen LogP contribution in [0.3, 0.4) is 0 Å². The van der Waals surface area contributed by atoms with Gasteiger partial charge in [0.15, 0.2) is 5.82 Å². The number of aromatic amines is 1. The number of hydrogen-bond acceptors (Lipinski definition) is 5. The molecule has 1 aromatic heterocycles. The number of H-pyrrole nitrogens is 1. The summed E-state index contributed by atoms with van der Waals surface area (Å²) in [6.07, 6.45) is 1.65. The normalized spacial score (nSPS) is 12.0. The van der Waals surface area contributed by atoms with E-state index in [9.17, 15) is 4.79 Å². The summed E-state index contributed by atoms with van der Waals surface area (Å²) >= 11 is 0. The van der Waals surface area contributed by atoms with Crippen molar-refractivity contribution in [3.8, 4) is 5.75 Å². The molecule has 2 N–H and O–H groups in total.